The second kappa shape index (κ2) is 23.3. The van der Waals surface area contributed by atoms with E-state index in [9.17, 15) is 14.4 Å². The van der Waals surface area contributed by atoms with Gasteiger partial charge >= 0.3 is 17.9 Å². The van der Waals surface area contributed by atoms with E-state index in [0.717, 1.165) is 29.8 Å². The van der Waals surface area contributed by atoms with Crippen LogP contribution in [0.25, 0.3) is 11.1 Å². The maximum absolute atomic E-state index is 12.7. The first-order valence-electron chi connectivity index (χ1n) is 18.4. The van der Waals surface area contributed by atoms with E-state index in [2.05, 4.69) is 21.6 Å². The van der Waals surface area contributed by atoms with Crippen LogP contribution >= 0.6 is 0 Å². The van der Waals surface area contributed by atoms with Crippen molar-refractivity contribution in [1.29, 1.82) is 0 Å². The van der Waals surface area contributed by atoms with Gasteiger partial charge in [0.2, 0.25) is 0 Å². The maximum atomic E-state index is 12.7. The minimum Gasteiger partial charge on any atom is -0.469 e. The van der Waals surface area contributed by atoms with Crippen LogP contribution < -0.4 is 4.74 Å². The highest BCUT2D eigenvalue weighted by molar-refractivity contribution is 5.92. The van der Waals surface area contributed by atoms with Gasteiger partial charge in [-0.15, -0.1) is 0 Å². The smallest absolute Gasteiger partial charge is 0.343 e. The van der Waals surface area contributed by atoms with E-state index >= 15 is 0 Å². The summed E-state index contributed by atoms with van der Waals surface area (Å²) >= 11 is 0. The van der Waals surface area contributed by atoms with Crippen molar-refractivity contribution in [2.45, 2.75) is 123 Å². The largest absolute Gasteiger partial charge is 0.469 e. The van der Waals surface area contributed by atoms with Gasteiger partial charge in [-0.25, -0.2) is 19.6 Å². The van der Waals surface area contributed by atoms with Gasteiger partial charge in [0.1, 0.15) is 18.2 Å². The standard InChI is InChI=1S/C41H56N2O6/c1-4-5-6-7-8-9-10-11-12-13-14-15-16-17-18-19-20-38-42-29-36(30-43-38)33-21-23-35(24-22-33)41(46)49-37-27-25-34(26-28-37)40(45)48-31-32(2)39(44)47-3/h21-30,32H,4-20,31H2,1-3H3/t32-/m0/s1. The first-order valence-corrected chi connectivity index (χ1v) is 18.4. The van der Waals surface area contributed by atoms with E-state index < -0.39 is 23.8 Å². The Morgan fingerprint density at radius 3 is 1.59 bits per heavy atom. The Kier molecular flexibility index (Phi) is 18.7. The molecule has 0 bridgehead atoms. The number of hydrogen-bond donors (Lipinski definition) is 0. The third kappa shape index (κ3) is 15.4. The predicted molar refractivity (Wildman–Crippen MR) is 194 cm³/mol. The summed E-state index contributed by atoms with van der Waals surface area (Å²) in [5, 5.41) is 0. The molecule has 0 aliphatic carbocycles. The molecule has 8 nitrogen and oxygen atoms in total. The van der Waals surface area contributed by atoms with Crippen molar-refractivity contribution in [1.82, 2.24) is 9.97 Å². The molecule has 0 unspecified atom stereocenters. The SMILES string of the molecule is CCCCCCCCCCCCCCCCCCc1ncc(-c2ccc(C(=O)Oc3ccc(C(=O)OC[C@H](C)C(=O)OC)cc3)cc2)cn1. The van der Waals surface area contributed by atoms with Crippen LogP contribution in [-0.2, 0) is 20.7 Å². The molecule has 1 heterocycles. The molecule has 2 aromatic carbocycles. The molecule has 1 aromatic heterocycles. The molecule has 8 heteroatoms. The van der Waals surface area contributed by atoms with Gasteiger partial charge in [-0.1, -0.05) is 115 Å². The number of methoxy groups -OCH3 is 1. The van der Waals surface area contributed by atoms with Gasteiger partial charge in [0.05, 0.1) is 24.2 Å². The number of benzene rings is 2. The number of ether oxygens (including phenoxy) is 3. The Morgan fingerprint density at radius 1 is 0.612 bits per heavy atom. The normalized spacial score (nSPS) is 11.6. The monoisotopic (exact) mass is 672 g/mol. The summed E-state index contributed by atoms with van der Waals surface area (Å²) in [5.74, 6) is -0.956. The van der Waals surface area contributed by atoms with Gasteiger partial charge < -0.3 is 14.2 Å². The van der Waals surface area contributed by atoms with Gasteiger partial charge in [0, 0.05) is 24.4 Å². The summed E-state index contributed by atoms with van der Waals surface area (Å²) in [6, 6.07) is 13.1. The number of unbranched alkanes of at least 4 members (excludes halogenated alkanes) is 15. The second-order valence-corrected chi connectivity index (χ2v) is 13.0. The lowest BCUT2D eigenvalue weighted by Gasteiger charge is -2.10. The highest BCUT2D eigenvalue weighted by atomic mass is 16.5. The van der Waals surface area contributed by atoms with Crippen molar-refractivity contribution in [3.05, 3.63) is 77.9 Å². The van der Waals surface area contributed by atoms with Crippen LogP contribution in [-0.4, -0.2) is 41.6 Å². The average molecular weight is 673 g/mol. The van der Waals surface area contributed by atoms with Crippen LogP contribution in [0.2, 0.25) is 0 Å². The Hall–Kier alpha value is -4.07. The molecule has 0 N–H and O–H groups in total. The number of carbonyl (C=O) groups excluding carboxylic acids is 3. The van der Waals surface area contributed by atoms with Crippen molar-refractivity contribution in [3.8, 4) is 16.9 Å². The van der Waals surface area contributed by atoms with E-state index in [0.29, 0.717) is 11.3 Å². The molecule has 0 amide bonds. The van der Waals surface area contributed by atoms with Gasteiger partial charge in [-0.2, -0.15) is 0 Å². The van der Waals surface area contributed by atoms with Crippen LogP contribution in [0.3, 0.4) is 0 Å². The van der Waals surface area contributed by atoms with Crippen molar-refractivity contribution >= 4 is 17.9 Å². The summed E-state index contributed by atoms with van der Waals surface area (Å²) in [6.45, 7) is 3.80. The Balaban J connectivity index is 1.28. The third-order valence-electron chi connectivity index (χ3n) is 8.78. The van der Waals surface area contributed by atoms with Crippen LogP contribution in [0.15, 0.2) is 60.9 Å². The van der Waals surface area contributed by atoms with E-state index in [-0.39, 0.29) is 12.2 Å². The number of aromatic nitrogens is 2. The van der Waals surface area contributed by atoms with E-state index in [1.165, 1.54) is 128 Å². The lowest BCUT2D eigenvalue weighted by Crippen LogP contribution is -2.20. The first kappa shape index (κ1) is 39.4. The molecule has 0 saturated carbocycles. The summed E-state index contributed by atoms with van der Waals surface area (Å²) in [6.07, 6.45) is 26.3. The van der Waals surface area contributed by atoms with Crippen LogP contribution in [0.1, 0.15) is 143 Å². The Morgan fingerprint density at radius 2 is 1.08 bits per heavy atom. The minimum atomic E-state index is -0.582. The molecule has 0 saturated heterocycles. The van der Waals surface area contributed by atoms with E-state index in [4.69, 9.17) is 9.47 Å². The van der Waals surface area contributed by atoms with Crippen LogP contribution in [0.4, 0.5) is 0 Å². The molecule has 0 fully saturated rings. The third-order valence-corrected chi connectivity index (χ3v) is 8.78. The second-order valence-electron chi connectivity index (χ2n) is 13.0. The van der Waals surface area contributed by atoms with Crippen LogP contribution in [0.5, 0.6) is 5.75 Å². The van der Waals surface area contributed by atoms with Crippen molar-refractivity contribution in [3.63, 3.8) is 0 Å². The fourth-order valence-corrected chi connectivity index (χ4v) is 5.64. The number of nitrogens with zero attached hydrogens (tertiary/aromatic N) is 2. The molecule has 3 rings (SSSR count). The number of carbonyl (C=O) groups is 3. The fraction of sp³-hybridized carbons (Fsp3) is 0.537. The highest BCUT2D eigenvalue weighted by Crippen LogP contribution is 2.21. The van der Waals surface area contributed by atoms with Crippen molar-refractivity contribution in [2.24, 2.45) is 5.92 Å². The van der Waals surface area contributed by atoms with E-state index in [1.807, 2.05) is 24.5 Å². The topological polar surface area (TPSA) is 105 Å². The van der Waals surface area contributed by atoms with Crippen LogP contribution in [0, 0.1) is 5.92 Å². The average Bonchev–Trinajstić information content (AvgIpc) is 3.13. The molecule has 0 aliphatic heterocycles. The first-order chi connectivity index (χ1) is 23.9. The minimum absolute atomic E-state index is 0.0892. The Labute approximate surface area is 293 Å². The fourth-order valence-electron chi connectivity index (χ4n) is 5.64. The zero-order valence-electron chi connectivity index (χ0n) is 29.9. The number of esters is 3. The van der Waals surface area contributed by atoms with Gasteiger partial charge in [-0.05, 0) is 55.3 Å². The quantitative estimate of drug-likeness (QED) is 0.0526. The zero-order valence-corrected chi connectivity index (χ0v) is 29.9. The number of rotatable bonds is 24. The molecule has 0 aliphatic rings. The molecule has 0 spiro atoms. The molecular formula is C41H56N2O6. The van der Waals surface area contributed by atoms with Crippen molar-refractivity contribution in [2.75, 3.05) is 13.7 Å². The summed E-state index contributed by atoms with van der Waals surface area (Å²) < 4.78 is 15.3. The van der Waals surface area contributed by atoms with Gasteiger partial charge in [-0.3, -0.25) is 4.79 Å². The molecule has 266 valence electrons. The predicted octanol–water partition coefficient (Wildman–Crippen LogP) is 10.1. The number of hydrogen-bond acceptors (Lipinski definition) is 8. The number of aryl methyl sites for hydroxylation is 1. The highest BCUT2D eigenvalue weighted by Gasteiger charge is 2.17. The Bertz CT molecular complexity index is 1370. The molecule has 0 radical (unpaired) electrons. The summed E-state index contributed by atoms with van der Waals surface area (Å²) in [4.78, 5) is 45.6. The molecular weight excluding hydrogens is 616 g/mol. The molecule has 3 aromatic rings. The molecule has 49 heavy (non-hydrogen) atoms. The van der Waals surface area contributed by atoms with E-state index in [1.54, 1.807) is 19.1 Å². The van der Waals surface area contributed by atoms with Crippen molar-refractivity contribution < 1.29 is 28.6 Å². The van der Waals surface area contributed by atoms with Gasteiger partial charge in [0.15, 0.2) is 0 Å². The maximum Gasteiger partial charge on any atom is 0.343 e. The summed E-state index contributed by atoms with van der Waals surface area (Å²) in [7, 11) is 1.28. The zero-order chi connectivity index (χ0) is 35.1. The lowest BCUT2D eigenvalue weighted by molar-refractivity contribution is -0.146. The lowest BCUT2D eigenvalue weighted by atomic mass is 10.0. The summed E-state index contributed by atoms with van der Waals surface area (Å²) in [5.41, 5.74) is 2.47. The molecule has 1 atom stereocenters. The van der Waals surface area contributed by atoms with Gasteiger partial charge in [0.25, 0.3) is 0 Å².